The summed E-state index contributed by atoms with van der Waals surface area (Å²) in [6.07, 6.45) is 0. The lowest BCUT2D eigenvalue weighted by molar-refractivity contribution is 0.0636. The van der Waals surface area contributed by atoms with Gasteiger partial charge in [-0.1, -0.05) is 26.0 Å². The van der Waals surface area contributed by atoms with Crippen LogP contribution in [0.5, 0.6) is 0 Å². The molecule has 31 heavy (non-hydrogen) atoms. The maximum atomic E-state index is 14.0. The average molecular weight is 424 g/mol. The molecule has 2 heterocycles. The van der Waals surface area contributed by atoms with E-state index in [-0.39, 0.29) is 29.6 Å². The lowest BCUT2D eigenvalue weighted by atomic mass is 10.1. The molecule has 7 nitrogen and oxygen atoms in total. The second-order valence-corrected chi connectivity index (χ2v) is 8.23. The van der Waals surface area contributed by atoms with Gasteiger partial charge in [-0.2, -0.15) is 0 Å². The van der Waals surface area contributed by atoms with Crippen LogP contribution in [0.2, 0.25) is 0 Å². The Morgan fingerprint density at radius 2 is 1.68 bits per heavy atom. The summed E-state index contributed by atoms with van der Waals surface area (Å²) in [6, 6.07) is 11.1. The Kier molecular flexibility index (Phi) is 5.63. The quantitative estimate of drug-likeness (QED) is 0.764. The van der Waals surface area contributed by atoms with Crippen molar-refractivity contribution in [1.82, 2.24) is 9.80 Å². The fraction of sp³-hybridized carbons (Fsp3) is 0.348. The summed E-state index contributed by atoms with van der Waals surface area (Å²) in [5.41, 5.74) is 1.68. The summed E-state index contributed by atoms with van der Waals surface area (Å²) >= 11 is 0. The molecular weight excluding hydrogens is 399 g/mol. The van der Waals surface area contributed by atoms with Crippen LogP contribution in [-0.4, -0.2) is 60.4 Å². The first-order chi connectivity index (χ1) is 14.8. The molecule has 2 aliphatic heterocycles. The van der Waals surface area contributed by atoms with E-state index < -0.39 is 0 Å². The Morgan fingerprint density at radius 1 is 1.00 bits per heavy atom. The lowest BCUT2D eigenvalue weighted by Gasteiger charge is -2.36. The highest BCUT2D eigenvalue weighted by molar-refractivity contribution is 6.21. The minimum absolute atomic E-state index is 0.171. The molecular formula is C23H25FN4O3. The van der Waals surface area contributed by atoms with Crippen molar-refractivity contribution >= 4 is 29.2 Å². The number of amides is 4. The molecule has 1 saturated heterocycles. The van der Waals surface area contributed by atoms with E-state index in [4.69, 9.17) is 0 Å². The number of carbonyl (C=O) groups excluding carboxylic acids is 3. The summed E-state index contributed by atoms with van der Waals surface area (Å²) < 4.78 is 14.0. The van der Waals surface area contributed by atoms with Crippen LogP contribution in [-0.2, 0) is 0 Å². The molecule has 1 N–H and O–H groups in total. The van der Waals surface area contributed by atoms with Gasteiger partial charge in [0.1, 0.15) is 5.82 Å². The number of nitrogens with zero attached hydrogens (tertiary/aromatic N) is 3. The third-order valence-electron chi connectivity index (χ3n) is 5.53. The SMILES string of the molecule is CC(C)CN1C(=O)c2ccc(NC(=O)N3CCN(c4ccccc4F)CC3)cc2C1=O. The standard InChI is InChI=1S/C23H25FN4O3/c1-15(2)14-28-21(29)17-8-7-16(13-18(17)22(28)30)25-23(31)27-11-9-26(10-12-27)20-6-4-3-5-19(20)24/h3-8,13,15H,9-12,14H2,1-2H3,(H,25,31). The predicted molar refractivity (Wildman–Crippen MR) is 116 cm³/mol. The van der Waals surface area contributed by atoms with Crippen LogP contribution < -0.4 is 10.2 Å². The normalized spacial score (nSPS) is 16.2. The van der Waals surface area contributed by atoms with Crippen molar-refractivity contribution in [3.05, 3.63) is 59.4 Å². The Morgan fingerprint density at radius 3 is 2.35 bits per heavy atom. The predicted octanol–water partition coefficient (Wildman–Crippen LogP) is 3.43. The molecule has 2 aromatic rings. The van der Waals surface area contributed by atoms with Gasteiger partial charge in [0, 0.05) is 38.4 Å². The van der Waals surface area contributed by atoms with E-state index in [1.165, 1.54) is 11.0 Å². The van der Waals surface area contributed by atoms with Crippen LogP contribution in [0.1, 0.15) is 34.6 Å². The lowest BCUT2D eigenvalue weighted by Crippen LogP contribution is -2.50. The number of benzene rings is 2. The zero-order valence-electron chi connectivity index (χ0n) is 17.6. The van der Waals surface area contributed by atoms with Gasteiger partial charge in [0.15, 0.2) is 0 Å². The molecule has 0 radical (unpaired) electrons. The summed E-state index contributed by atoms with van der Waals surface area (Å²) in [7, 11) is 0. The Labute approximate surface area is 180 Å². The molecule has 0 saturated carbocycles. The smallest absolute Gasteiger partial charge is 0.321 e. The Hall–Kier alpha value is -3.42. The van der Waals surface area contributed by atoms with E-state index in [0.29, 0.717) is 55.2 Å². The molecule has 2 aromatic carbocycles. The van der Waals surface area contributed by atoms with Gasteiger partial charge in [-0.15, -0.1) is 0 Å². The number of piperazine rings is 1. The van der Waals surface area contributed by atoms with Crippen LogP contribution in [0, 0.1) is 11.7 Å². The van der Waals surface area contributed by atoms with Crippen molar-refractivity contribution in [3.8, 4) is 0 Å². The van der Waals surface area contributed by atoms with E-state index in [2.05, 4.69) is 5.32 Å². The Balaban J connectivity index is 1.39. The van der Waals surface area contributed by atoms with E-state index in [1.54, 1.807) is 41.3 Å². The maximum absolute atomic E-state index is 14.0. The summed E-state index contributed by atoms with van der Waals surface area (Å²) in [5, 5.41) is 2.81. The summed E-state index contributed by atoms with van der Waals surface area (Å²) in [6.45, 7) is 6.20. The molecule has 2 aliphatic rings. The van der Waals surface area contributed by atoms with E-state index >= 15 is 0 Å². The molecule has 4 rings (SSSR count). The number of rotatable bonds is 4. The molecule has 0 spiro atoms. The van der Waals surface area contributed by atoms with Crippen LogP contribution in [0.15, 0.2) is 42.5 Å². The van der Waals surface area contributed by atoms with Crippen molar-refractivity contribution < 1.29 is 18.8 Å². The first-order valence-electron chi connectivity index (χ1n) is 10.4. The molecule has 0 bridgehead atoms. The molecule has 4 amide bonds. The van der Waals surface area contributed by atoms with Crippen molar-refractivity contribution in [1.29, 1.82) is 0 Å². The number of hydrogen-bond acceptors (Lipinski definition) is 4. The minimum atomic E-state index is -0.330. The first-order valence-corrected chi connectivity index (χ1v) is 10.4. The number of urea groups is 1. The molecule has 8 heteroatoms. The van der Waals surface area contributed by atoms with Gasteiger partial charge in [-0.3, -0.25) is 14.5 Å². The largest absolute Gasteiger partial charge is 0.366 e. The third-order valence-corrected chi connectivity index (χ3v) is 5.53. The molecule has 0 unspecified atom stereocenters. The number of para-hydroxylation sites is 1. The van der Waals surface area contributed by atoms with Crippen molar-refractivity contribution in [3.63, 3.8) is 0 Å². The second kappa shape index (κ2) is 8.37. The van der Waals surface area contributed by atoms with E-state index in [1.807, 2.05) is 18.7 Å². The number of nitrogens with one attached hydrogen (secondary N) is 1. The second-order valence-electron chi connectivity index (χ2n) is 8.23. The maximum Gasteiger partial charge on any atom is 0.321 e. The van der Waals surface area contributed by atoms with Gasteiger partial charge in [0.2, 0.25) is 0 Å². The minimum Gasteiger partial charge on any atom is -0.366 e. The highest BCUT2D eigenvalue weighted by Gasteiger charge is 2.36. The van der Waals surface area contributed by atoms with Crippen LogP contribution in [0.3, 0.4) is 0 Å². The van der Waals surface area contributed by atoms with Gasteiger partial charge < -0.3 is 15.1 Å². The zero-order valence-corrected chi connectivity index (χ0v) is 17.6. The van der Waals surface area contributed by atoms with Crippen molar-refractivity contribution in [2.24, 2.45) is 5.92 Å². The fourth-order valence-electron chi connectivity index (χ4n) is 3.96. The fourth-order valence-corrected chi connectivity index (χ4v) is 3.96. The third kappa shape index (κ3) is 4.10. The van der Waals surface area contributed by atoms with Crippen LogP contribution in [0.25, 0.3) is 0 Å². The summed E-state index contributed by atoms with van der Waals surface area (Å²) in [4.78, 5) is 42.6. The van der Waals surface area contributed by atoms with Gasteiger partial charge in [0.05, 0.1) is 16.8 Å². The molecule has 1 fully saturated rings. The van der Waals surface area contributed by atoms with E-state index in [0.717, 1.165) is 0 Å². The molecule has 0 aliphatic carbocycles. The number of fused-ring (bicyclic) bond motifs is 1. The summed E-state index contributed by atoms with van der Waals surface area (Å²) in [5.74, 6) is -0.729. The number of anilines is 2. The monoisotopic (exact) mass is 424 g/mol. The first kappa shape index (κ1) is 20.8. The number of carbonyl (C=O) groups is 3. The number of halogens is 1. The topological polar surface area (TPSA) is 73.0 Å². The highest BCUT2D eigenvalue weighted by Crippen LogP contribution is 2.27. The molecule has 0 atom stereocenters. The molecule has 162 valence electrons. The number of hydrogen-bond donors (Lipinski definition) is 1. The Bertz CT molecular complexity index is 1030. The zero-order chi connectivity index (χ0) is 22.1. The molecule has 0 aromatic heterocycles. The van der Waals surface area contributed by atoms with Gasteiger partial charge in [-0.05, 0) is 36.2 Å². The van der Waals surface area contributed by atoms with Crippen molar-refractivity contribution in [2.45, 2.75) is 13.8 Å². The number of imide groups is 1. The average Bonchev–Trinajstić information content (AvgIpc) is 2.98. The van der Waals surface area contributed by atoms with Crippen LogP contribution >= 0.6 is 0 Å². The van der Waals surface area contributed by atoms with Gasteiger partial charge >= 0.3 is 6.03 Å². The van der Waals surface area contributed by atoms with Crippen molar-refractivity contribution in [2.75, 3.05) is 42.9 Å². The van der Waals surface area contributed by atoms with Gasteiger partial charge in [0.25, 0.3) is 11.8 Å². The van der Waals surface area contributed by atoms with E-state index in [9.17, 15) is 18.8 Å². The van der Waals surface area contributed by atoms with Gasteiger partial charge in [-0.25, -0.2) is 9.18 Å². The highest BCUT2D eigenvalue weighted by atomic mass is 19.1. The van der Waals surface area contributed by atoms with Crippen LogP contribution in [0.4, 0.5) is 20.6 Å².